The van der Waals surface area contributed by atoms with Crippen LogP contribution in [0.1, 0.15) is 38.2 Å². The molecule has 1 aliphatic heterocycles. The van der Waals surface area contributed by atoms with E-state index >= 15 is 0 Å². The van der Waals surface area contributed by atoms with E-state index in [9.17, 15) is 4.79 Å². The molecule has 0 bridgehead atoms. The highest BCUT2D eigenvalue weighted by Crippen LogP contribution is 2.18. The summed E-state index contributed by atoms with van der Waals surface area (Å²) in [6.45, 7) is 4.19. The molecule has 1 heterocycles. The van der Waals surface area contributed by atoms with Gasteiger partial charge in [0.15, 0.2) is 0 Å². The maximum atomic E-state index is 12.2. The highest BCUT2D eigenvalue weighted by molar-refractivity contribution is 5.92. The number of rotatable bonds is 5. The minimum atomic E-state index is 0.133. The molecule has 1 amide bonds. The summed E-state index contributed by atoms with van der Waals surface area (Å²) in [6, 6.07) is 8.29. The molecule has 0 aromatic heterocycles. The molecule has 3 nitrogen and oxygen atoms in total. The van der Waals surface area contributed by atoms with Crippen LogP contribution < -0.4 is 5.32 Å². The number of nitrogens with one attached hydrogen (secondary N) is 1. The first-order valence-corrected chi connectivity index (χ1v) is 7.77. The Balaban J connectivity index is 1.87. The fourth-order valence-corrected chi connectivity index (χ4v) is 2.76. The average molecular weight is 274 g/mol. The quantitative estimate of drug-likeness (QED) is 0.893. The third-order valence-corrected chi connectivity index (χ3v) is 4.04. The molecule has 0 aliphatic carbocycles. The number of likely N-dealkylation sites (tertiary alicyclic amines) is 1. The van der Waals surface area contributed by atoms with E-state index < -0.39 is 0 Å². The number of hydrogen-bond donors (Lipinski definition) is 1. The second-order valence-electron chi connectivity index (χ2n) is 5.89. The van der Waals surface area contributed by atoms with Crippen molar-refractivity contribution in [2.24, 2.45) is 5.92 Å². The standard InChI is InChI=1S/C17H26N2O/c1-3-4-6-14-8-10-16(11-9-14)18-17(20)15-7-5-12-19(2)13-15/h8-11,15H,3-7,12-13H2,1-2H3,(H,18,20). The van der Waals surface area contributed by atoms with Crippen LogP contribution in [-0.2, 0) is 11.2 Å². The lowest BCUT2D eigenvalue weighted by molar-refractivity contribution is -0.121. The first-order chi connectivity index (χ1) is 9.69. The third kappa shape index (κ3) is 4.34. The van der Waals surface area contributed by atoms with Crippen LogP contribution in [0.5, 0.6) is 0 Å². The lowest BCUT2D eigenvalue weighted by Crippen LogP contribution is -2.38. The zero-order valence-corrected chi connectivity index (χ0v) is 12.7. The van der Waals surface area contributed by atoms with Crippen LogP contribution in [0.2, 0.25) is 0 Å². The predicted molar refractivity (Wildman–Crippen MR) is 83.9 cm³/mol. The summed E-state index contributed by atoms with van der Waals surface area (Å²) in [7, 11) is 2.09. The molecule has 1 N–H and O–H groups in total. The molecule has 3 heteroatoms. The highest BCUT2D eigenvalue weighted by atomic mass is 16.1. The van der Waals surface area contributed by atoms with Crippen LogP contribution in [0.3, 0.4) is 0 Å². The van der Waals surface area contributed by atoms with E-state index in [0.717, 1.165) is 38.0 Å². The molecule has 20 heavy (non-hydrogen) atoms. The van der Waals surface area contributed by atoms with E-state index in [4.69, 9.17) is 0 Å². The van der Waals surface area contributed by atoms with Gasteiger partial charge in [-0.2, -0.15) is 0 Å². The summed E-state index contributed by atoms with van der Waals surface area (Å²) >= 11 is 0. The fraction of sp³-hybridized carbons (Fsp3) is 0.588. The topological polar surface area (TPSA) is 32.3 Å². The molecule has 0 spiro atoms. The van der Waals surface area contributed by atoms with Crippen molar-refractivity contribution in [3.63, 3.8) is 0 Å². The molecule has 110 valence electrons. The van der Waals surface area contributed by atoms with Gasteiger partial charge < -0.3 is 10.2 Å². The number of carbonyl (C=O) groups is 1. The second kappa shape index (κ2) is 7.44. The van der Waals surface area contributed by atoms with Gasteiger partial charge in [-0.25, -0.2) is 0 Å². The number of aryl methyl sites for hydroxylation is 1. The SMILES string of the molecule is CCCCc1ccc(NC(=O)C2CCCN(C)C2)cc1. The molecule has 0 saturated carbocycles. The Bertz CT molecular complexity index is 427. The highest BCUT2D eigenvalue weighted by Gasteiger charge is 2.23. The van der Waals surface area contributed by atoms with Crippen LogP contribution >= 0.6 is 0 Å². The zero-order chi connectivity index (χ0) is 14.4. The van der Waals surface area contributed by atoms with Gasteiger partial charge in [0.2, 0.25) is 5.91 Å². The van der Waals surface area contributed by atoms with Gasteiger partial charge in [0.1, 0.15) is 0 Å². The van der Waals surface area contributed by atoms with Gasteiger partial charge in [-0.05, 0) is 57.0 Å². The number of amides is 1. The number of anilines is 1. The molecule has 1 saturated heterocycles. The number of nitrogens with zero attached hydrogens (tertiary/aromatic N) is 1. The first kappa shape index (κ1) is 15.0. The maximum Gasteiger partial charge on any atom is 0.228 e. The van der Waals surface area contributed by atoms with E-state index in [0.29, 0.717) is 0 Å². The summed E-state index contributed by atoms with van der Waals surface area (Å²) in [4.78, 5) is 14.5. The van der Waals surface area contributed by atoms with Gasteiger partial charge in [-0.15, -0.1) is 0 Å². The molecular formula is C17H26N2O. The Morgan fingerprint density at radius 1 is 1.35 bits per heavy atom. The first-order valence-electron chi connectivity index (χ1n) is 7.77. The molecule has 1 fully saturated rings. The Morgan fingerprint density at radius 2 is 2.10 bits per heavy atom. The summed E-state index contributed by atoms with van der Waals surface area (Å²) < 4.78 is 0. The number of carbonyl (C=O) groups excluding carboxylic acids is 1. The number of benzene rings is 1. The van der Waals surface area contributed by atoms with Gasteiger partial charge in [-0.3, -0.25) is 4.79 Å². The van der Waals surface area contributed by atoms with E-state index in [1.807, 2.05) is 12.1 Å². The number of hydrogen-bond acceptors (Lipinski definition) is 2. The van der Waals surface area contributed by atoms with E-state index in [2.05, 4.69) is 36.3 Å². The summed E-state index contributed by atoms with van der Waals surface area (Å²) in [5.41, 5.74) is 2.27. The van der Waals surface area contributed by atoms with Crippen molar-refractivity contribution in [1.29, 1.82) is 0 Å². The lowest BCUT2D eigenvalue weighted by atomic mass is 9.97. The lowest BCUT2D eigenvalue weighted by Gasteiger charge is -2.28. The van der Waals surface area contributed by atoms with E-state index in [1.54, 1.807) is 0 Å². The molecule has 1 aromatic rings. The van der Waals surface area contributed by atoms with Crippen LogP contribution in [0.15, 0.2) is 24.3 Å². The van der Waals surface area contributed by atoms with Crippen molar-refractivity contribution in [3.8, 4) is 0 Å². The van der Waals surface area contributed by atoms with Crippen LogP contribution in [0, 0.1) is 5.92 Å². The van der Waals surface area contributed by atoms with Gasteiger partial charge in [0.25, 0.3) is 0 Å². The molecule has 1 atom stereocenters. The molecular weight excluding hydrogens is 248 g/mol. The van der Waals surface area contributed by atoms with E-state index in [1.165, 1.54) is 18.4 Å². The Hall–Kier alpha value is -1.35. The fourth-order valence-electron chi connectivity index (χ4n) is 2.76. The molecule has 0 radical (unpaired) electrons. The minimum absolute atomic E-state index is 0.133. The largest absolute Gasteiger partial charge is 0.326 e. The Morgan fingerprint density at radius 3 is 2.75 bits per heavy atom. The molecule has 1 unspecified atom stereocenters. The maximum absolute atomic E-state index is 12.2. The van der Waals surface area contributed by atoms with Crippen LogP contribution in [0.25, 0.3) is 0 Å². The zero-order valence-electron chi connectivity index (χ0n) is 12.7. The van der Waals surface area contributed by atoms with Crippen molar-refractivity contribution >= 4 is 11.6 Å². The Labute approximate surface area is 122 Å². The molecule has 2 rings (SSSR count). The van der Waals surface area contributed by atoms with Gasteiger partial charge in [0, 0.05) is 12.2 Å². The van der Waals surface area contributed by atoms with Crippen molar-refractivity contribution in [3.05, 3.63) is 29.8 Å². The minimum Gasteiger partial charge on any atom is -0.326 e. The predicted octanol–water partition coefficient (Wildman–Crippen LogP) is 3.31. The number of piperidine rings is 1. The third-order valence-electron chi connectivity index (χ3n) is 4.04. The van der Waals surface area contributed by atoms with Gasteiger partial charge >= 0.3 is 0 Å². The smallest absolute Gasteiger partial charge is 0.228 e. The van der Waals surface area contributed by atoms with Crippen molar-refractivity contribution in [2.45, 2.75) is 39.0 Å². The van der Waals surface area contributed by atoms with Gasteiger partial charge in [0.05, 0.1) is 5.92 Å². The summed E-state index contributed by atoms with van der Waals surface area (Å²) in [5.74, 6) is 0.298. The van der Waals surface area contributed by atoms with Crippen LogP contribution in [-0.4, -0.2) is 30.9 Å². The normalized spacial score (nSPS) is 19.8. The molecule has 1 aromatic carbocycles. The van der Waals surface area contributed by atoms with Crippen molar-refractivity contribution < 1.29 is 4.79 Å². The van der Waals surface area contributed by atoms with Crippen LogP contribution in [0.4, 0.5) is 5.69 Å². The Kier molecular flexibility index (Phi) is 5.60. The number of unbranched alkanes of at least 4 members (excludes halogenated alkanes) is 1. The van der Waals surface area contributed by atoms with Crippen molar-refractivity contribution in [1.82, 2.24) is 4.90 Å². The van der Waals surface area contributed by atoms with Crippen molar-refractivity contribution in [2.75, 3.05) is 25.5 Å². The molecule has 1 aliphatic rings. The summed E-state index contributed by atoms with van der Waals surface area (Å²) in [5, 5.41) is 3.05. The van der Waals surface area contributed by atoms with Gasteiger partial charge in [-0.1, -0.05) is 25.5 Å². The second-order valence-corrected chi connectivity index (χ2v) is 5.89. The van der Waals surface area contributed by atoms with E-state index in [-0.39, 0.29) is 11.8 Å². The summed E-state index contributed by atoms with van der Waals surface area (Å²) in [6.07, 6.45) is 5.68. The monoisotopic (exact) mass is 274 g/mol. The average Bonchev–Trinajstić information content (AvgIpc) is 2.46.